The van der Waals surface area contributed by atoms with Crippen LogP contribution in [0.3, 0.4) is 0 Å². The molecule has 1 aliphatic rings. The Hall–Kier alpha value is -3.62. The van der Waals surface area contributed by atoms with E-state index in [2.05, 4.69) is 43.2 Å². The Bertz CT molecular complexity index is 1020. The van der Waals surface area contributed by atoms with Crippen molar-refractivity contribution in [2.24, 2.45) is 11.3 Å². The highest BCUT2D eigenvalue weighted by molar-refractivity contribution is 5.99. The third kappa shape index (κ3) is 7.98. The molecular formula is C26H35N5O4. The molecule has 0 saturated carbocycles. The first-order valence-corrected chi connectivity index (χ1v) is 12.0. The van der Waals surface area contributed by atoms with E-state index in [0.717, 1.165) is 25.2 Å². The molecule has 0 aromatic heterocycles. The van der Waals surface area contributed by atoms with Gasteiger partial charge in [-0.3, -0.25) is 14.9 Å². The third-order valence-electron chi connectivity index (χ3n) is 5.94. The van der Waals surface area contributed by atoms with Crippen LogP contribution in [0, 0.1) is 21.4 Å². The number of nitrogens with zero attached hydrogens (tertiary/aromatic N) is 3. The molecule has 1 aliphatic heterocycles. The number of amides is 3. The van der Waals surface area contributed by atoms with Crippen molar-refractivity contribution in [2.75, 3.05) is 41.7 Å². The molecule has 9 nitrogen and oxygen atoms in total. The van der Waals surface area contributed by atoms with Gasteiger partial charge in [-0.15, -0.1) is 0 Å². The van der Waals surface area contributed by atoms with Gasteiger partial charge in [0.2, 0.25) is 5.91 Å². The van der Waals surface area contributed by atoms with E-state index in [-0.39, 0.29) is 17.0 Å². The van der Waals surface area contributed by atoms with E-state index < -0.39 is 11.0 Å². The van der Waals surface area contributed by atoms with Crippen LogP contribution in [0.2, 0.25) is 0 Å². The second-order valence-electron chi connectivity index (χ2n) is 10.4. The maximum atomic E-state index is 12.7. The van der Waals surface area contributed by atoms with Crippen LogP contribution in [-0.4, -0.2) is 47.9 Å². The molecule has 3 rings (SSSR count). The standard InChI is InChI=1S/C26H35N5O4/c1-19(18-26(2,3)4)17-24(32)30-15-13-29(14-16-30)22-9-5-20(6-10-22)27-25(33)28-21-7-11-23(12-8-21)31(34)35/h5-12,19H,13-18H2,1-4H3,(H2,27,28,33)/t19-/m1/s1. The van der Waals surface area contributed by atoms with Crippen LogP contribution in [0.25, 0.3) is 0 Å². The van der Waals surface area contributed by atoms with Gasteiger partial charge in [-0.1, -0.05) is 27.7 Å². The first-order valence-electron chi connectivity index (χ1n) is 12.0. The molecule has 188 valence electrons. The number of carbonyl (C=O) groups excluding carboxylic acids is 2. The number of non-ortho nitro benzene ring substituents is 1. The second kappa shape index (κ2) is 11.2. The molecule has 0 unspecified atom stereocenters. The summed E-state index contributed by atoms with van der Waals surface area (Å²) in [5, 5.41) is 16.1. The van der Waals surface area contributed by atoms with Crippen molar-refractivity contribution in [1.82, 2.24) is 4.90 Å². The Labute approximate surface area is 206 Å². The summed E-state index contributed by atoms with van der Waals surface area (Å²) in [5.74, 6) is 0.609. The molecule has 0 aliphatic carbocycles. The Morgan fingerprint density at radius 3 is 1.94 bits per heavy atom. The van der Waals surface area contributed by atoms with E-state index in [4.69, 9.17) is 0 Å². The zero-order chi connectivity index (χ0) is 25.6. The normalized spacial score (nSPS) is 14.9. The summed E-state index contributed by atoms with van der Waals surface area (Å²) in [6.45, 7) is 11.7. The van der Waals surface area contributed by atoms with E-state index in [0.29, 0.717) is 36.8 Å². The number of anilines is 3. The molecule has 0 radical (unpaired) electrons. The molecule has 2 N–H and O–H groups in total. The number of hydrogen-bond acceptors (Lipinski definition) is 5. The maximum absolute atomic E-state index is 12.7. The van der Waals surface area contributed by atoms with Crippen LogP contribution in [0.5, 0.6) is 0 Å². The van der Waals surface area contributed by atoms with Crippen LogP contribution < -0.4 is 15.5 Å². The lowest BCUT2D eigenvalue weighted by Gasteiger charge is -2.37. The number of piperazine rings is 1. The van der Waals surface area contributed by atoms with Gasteiger partial charge in [0.15, 0.2) is 0 Å². The zero-order valence-corrected chi connectivity index (χ0v) is 20.9. The number of nitro benzene ring substituents is 1. The lowest BCUT2D eigenvalue weighted by atomic mass is 9.84. The quantitative estimate of drug-likeness (QED) is 0.409. The molecule has 0 bridgehead atoms. The maximum Gasteiger partial charge on any atom is 0.323 e. The van der Waals surface area contributed by atoms with Crippen LogP contribution >= 0.6 is 0 Å². The van der Waals surface area contributed by atoms with Crippen molar-refractivity contribution < 1.29 is 14.5 Å². The fraction of sp³-hybridized carbons (Fsp3) is 0.462. The number of benzene rings is 2. The first-order chi connectivity index (χ1) is 16.5. The van der Waals surface area contributed by atoms with Gasteiger partial charge in [0.25, 0.3) is 5.69 Å². The van der Waals surface area contributed by atoms with Crippen molar-refractivity contribution in [2.45, 2.75) is 40.5 Å². The lowest BCUT2D eigenvalue weighted by molar-refractivity contribution is -0.384. The summed E-state index contributed by atoms with van der Waals surface area (Å²) >= 11 is 0. The third-order valence-corrected chi connectivity index (χ3v) is 5.94. The van der Waals surface area contributed by atoms with E-state index in [9.17, 15) is 19.7 Å². The molecule has 35 heavy (non-hydrogen) atoms. The SMILES string of the molecule is C[C@H](CC(=O)N1CCN(c2ccc(NC(=O)Nc3ccc([N+](=O)[O-])cc3)cc2)CC1)CC(C)(C)C. The number of nitrogens with one attached hydrogen (secondary N) is 2. The fourth-order valence-electron chi connectivity index (χ4n) is 4.47. The van der Waals surface area contributed by atoms with Gasteiger partial charge in [0, 0.05) is 61.8 Å². The predicted molar refractivity (Wildman–Crippen MR) is 139 cm³/mol. The van der Waals surface area contributed by atoms with Gasteiger partial charge >= 0.3 is 6.03 Å². The highest BCUT2D eigenvalue weighted by atomic mass is 16.6. The van der Waals surface area contributed by atoms with E-state index >= 15 is 0 Å². The number of carbonyl (C=O) groups is 2. The first kappa shape index (κ1) is 26.0. The molecule has 2 aromatic carbocycles. The molecular weight excluding hydrogens is 446 g/mol. The topological polar surface area (TPSA) is 108 Å². The van der Waals surface area contributed by atoms with Crippen molar-refractivity contribution in [3.05, 3.63) is 58.6 Å². The Morgan fingerprint density at radius 2 is 1.46 bits per heavy atom. The minimum atomic E-state index is -0.488. The molecule has 1 saturated heterocycles. The van der Waals surface area contributed by atoms with Gasteiger partial charge in [-0.05, 0) is 54.2 Å². The van der Waals surface area contributed by atoms with Crippen molar-refractivity contribution in [3.8, 4) is 0 Å². The van der Waals surface area contributed by atoms with Gasteiger partial charge < -0.3 is 20.4 Å². The van der Waals surface area contributed by atoms with Gasteiger partial charge in [-0.2, -0.15) is 0 Å². The minimum Gasteiger partial charge on any atom is -0.368 e. The Kier molecular flexibility index (Phi) is 8.32. The Balaban J connectivity index is 1.46. The molecule has 9 heteroatoms. The molecule has 0 spiro atoms. The highest BCUT2D eigenvalue weighted by Crippen LogP contribution is 2.27. The zero-order valence-electron chi connectivity index (χ0n) is 20.9. The highest BCUT2D eigenvalue weighted by Gasteiger charge is 2.24. The van der Waals surface area contributed by atoms with Gasteiger partial charge in [0.05, 0.1) is 4.92 Å². The average molecular weight is 482 g/mol. The van der Waals surface area contributed by atoms with Gasteiger partial charge in [-0.25, -0.2) is 4.79 Å². The number of hydrogen-bond donors (Lipinski definition) is 2. The smallest absolute Gasteiger partial charge is 0.323 e. The summed E-state index contributed by atoms with van der Waals surface area (Å²) in [6.07, 6.45) is 1.63. The largest absolute Gasteiger partial charge is 0.368 e. The molecule has 1 fully saturated rings. The average Bonchev–Trinajstić information content (AvgIpc) is 2.78. The summed E-state index contributed by atoms with van der Waals surface area (Å²) < 4.78 is 0. The second-order valence-corrected chi connectivity index (χ2v) is 10.4. The predicted octanol–water partition coefficient (Wildman–Crippen LogP) is 5.35. The van der Waals surface area contributed by atoms with E-state index in [1.54, 1.807) is 0 Å². The van der Waals surface area contributed by atoms with Crippen LogP contribution in [0.1, 0.15) is 40.5 Å². The summed E-state index contributed by atoms with van der Waals surface area (Å²) in [6, 6.07) is 12.8. The number of urea groups is 1. The molecule has 3 amide bonds. The van der Waals surface area contributed by atoms with E-state index in [1.807, 2.05) is 29.2 Å². The number of rotatable bonds is 7. The van der Waals surface area contributed by atoms with Crippen LogP contribution in [0.4, 0.5) is 27.5 Å². The molecule has 1 heterocycles. The molecule has 2 aromatic rings. The van der Waals surface area contributed by atoms with Crippen LogP contribution in [-0.2, 0) is 4.79 Å². The van der Waals surface area contributed by atoms with Crippen LogP contribution in [0.15, 0.2) is 48.5 Å². The van der Waals surface area contributed by atoms with Crippen molar-refractivity contribution in [3.63, 3.8) is 0 Å². The van der Waals surface area contributed by atoms with Gasteiger partial charge in [0.1, 0.15) is 0 Å². The van der Waals surface area contributed by atoms with Crippen molar-refractivity contribution >= 4 is 34.7 Å². The lowest BCUT2D eigenvalue weighted by Crippen LogP contribution is -2.49. The Morgan fingerprint density at radius 1 is 0.943 bits per heavy atom. The van der Waals surface area contributed by atoms with Crippen molar-refractivity contribution in [1.29, 1.82) is 0 Å². The number of nitro groups is 1. The van der Waals surface area contributed by atoms with E-state index in [1.165, 1.54) is 24.3 Å². The molecule has 1 atom stereocenters. The fourth-order valence-corrected chi connectivity index (χ4v) is 4.47. The minimum absolute atomic E-state index is 0.0353. The summed E-state index contributed by atoms with van der Waals surface area (Å²) in [7, 11) is 0. The summed E-state index contributed by atoms with van der Waals surface area (Å²) in [4.78, 5) is 39.4. The summed E-state index contributed by atoms with van der Waals surface area (Å²) in [5.41, 5.74) is 2.33. The monoisotopic (exact) mass is 481 g/mol.